The number of nitrogens with zero attached hydrogens (tertiary/aromatic N) is 2. The predicted molar refractivity (Wildman–Crippen MR) is 210 cm³/mol. The molecule has 1 amide bonds. The van der Waals surface area contributed by atoms with Gasteiger partial charge in [-0.05, 0) is 106 Å². The maximum atomic E-state index is 14.3. The van der Waals surface area contributed by atoms with Gasteiger partial charge in [0, 0.05) is 43.6 Å². The van der Waals surface area contributed by atoms with Crippen LogP contribution in [0.15, 0.2) is 65.9 Å². The zero-order valence-electron chi connectivity index (χ0n) is 32.6. The summed E-state index contributed by atoms with van der Waals surface area (Å²) in [5.41, 5.74) is 3.14. The molecule has 0 saturated heterocycles. The minimum atomic E-state index is -1.27. The van der Waals surface area contributed by atoms with Gasteiger partial charge >= 0.3 is 0 Å². The summed E-state index contributed by atoms with van der Waals surface area (Å²) in [5.74, 6) is 0.712. The van der Waals surface area contributed by atoms with Crippen molar-refractivity contribution in [2.75, 3.05) is 40.1 Å². The Bertz CT molecular complexity index is 1720. The van der Waals surface area contributed by atoms with E-state index in [-0.39, 0.29) is 55.3 Å². The molecule has 1 heterocycles. The molecule has 2 aromatic carbocycles. The molecule has 2 saturated carbocycles. The monoisotopic (exact) mass is 758 g/mol. The Hall–Kier alpha value is -4.19. The topological polar surface area (TPSA) is 136 Å². The third-order valence-corrected chi connectivity index (χ3v) is 11.6. The molecule has 2 aromatic rings. The maximum absolute atomic E-state index is 14.3. The molecule has 0 spiro atoms. The lowest BCUT2D eigenvalue weighted by molar-refractivity contribution is -0.257. The van der Waals surface area contributed by atoms with Crippen molar-refractivity contribution in [2.45, 2.75) is 95.8 Å². The summed E-state index contributed by atoms with van der Waals surface area (Å²) in [4.78, 5) is 33.9. The summed E-state index contributed by atoms with van der Waals surface area (Å²) in [7, 11) is 1.52. The molecule has 298 valence electrons. The zero-order chi connectivity index (χ0) is 39.0. The molecule has 6 atom stereocenters. The largest absolute Gasteiger partial charge is 0.496 e. The van der Waals surface area contributed by atoms with Crippen LogP contribution < -0.4 is 14.2 Å². The van der Waals surface area contributed by atoms with Gasteiger partial charge in [-0.25, -0.2) is 0 Å². The normalized spacial score (nSPS) is 25.9. The number of carbonyl (C=O) groups is 2. The SMILES string of the molecule is C=CCOC12Oc3ccc(Oc4ccc(OC)c(C=O)c4)cc3C3C(CCCCO)C(CCCCO)C=C(C(=NOCC)CC1N(CCC)C(=O)C1CC1)C32. The smallest absolute Gasteiger partial charge is 0.239 e. The van der Waals surface area contributed by atoms with Gasteiger partial charge in [0.2, 0.25) is 11.7 Å². The van der Waals surface area contributed by atoms with Crippen LogP contribution >= 0.6 is 0 Å². The molecule has 2 N–H and O–H groups in total. The number of amides is 1. The highest BCUT2D eigenvalue weighted by Gasteiger charge is 2.65. The number of hydrogen-bond acceptors (Lipinski definition) is 10. The Labute approximate surface area is 325 Å². The van der Waals surface area contributed by atoms with Crippen LogP contribution in [0, 0.1) is 23.7 Å². The summed E-state index contributed by atoms with van der Waals surface area (Å²) in [6, 6.07) is 10.5. The second-order valence-corrected chi connectivity index (χ2v) is 15.1. The van der Waals surface area contributed by atoms with Crippen LogP contribution in [-0.2, 0) is 14.4 Å². The number of carbonyl (C=O) groups excluding carboxylic acids is 2. The minimum Gasteiger partial charge on any atom is -0.496 e. The van der Waals surface area contributed by atoms with Crippen LogP contribution in [0.25, 0.3) is 0 Å². The van der Waals surface area contributed by atoms with E-state index in [0.717, 1.165) is 68.1 Å². The van der Waals surface area contributed by atoms with E-state index < -0.39 is 11.8 Å². The second kappa shape index (κ2) is 18.6. The first kappa shape index (κ1) is 40.5. The summed E-state index contributed by atoms with van der Waals surface area (Å²) in [6.07, 6.45) is 12.5. The van der Waals surface area contributed by atoms with Crippen LogP contribution in [0.1, 0.15) is 99.9 Å². The van der Waals surface area contributed by atoms with E-state index in [1.807, 2.05) is 30.0 Å². The van der Waals surface area contributed by atoms with Crippen LogP contribution in [-0.4, -0.2) is 84.9 Å². The predicted octanol–water partition coefficient (Wildman–Crippen LogP) is 7.60. The standard InChI is InChI=1S/C44H58N2O9/c1-5-20-46(43(50)29-14-15-29)40-27-37(45-53-7-3)35-25-30(12-8-10-21-47)34(13-9-11-22-48)41-36-26-33(54-32-16-18-38(51-4)31(24-32)28-49)17-19-39(36)55-44(40,42(35)41)52-23-6-2/h6,16-19,24-26,28-30,34,40-42,47-48H,2,5,7-15,20-23,27H2,1,3-4H3. The Balaban J connectivity index is 1.57. The average molecular weight is 759 g/mol. The lowest BCUT2D eigenvalue weighted by atomic mass is 9.55. The quantitative estimate of drug-likeness (QED) is 0.0571. The highest BCUT2D eigenvalue weighted by molar-refractivity contribution is 6.03. The fraction of sp³-hybridized carbons (Fsp3) is 0.568. The Morgan fingerprint density at radius 1 is 1.05 bits per heavy atom. The van der Waals surface area contributed by atoms with Gasteiger partial charge < -0.3 is 38.9 Å². The van der Waals surface area contributed by atoms with Crippen molar-refractivity contribution >= 4 is 17.9 Å². The molecule has 6 rings (SSSR count). The number of methoxy groups -OCH3 is 1. The van der Waals surface area contributed by atoms with E-state index in [1.165, 1.54) is 7.11 Å². The molecule has 0 radical (unpaired) electrons. The van der Waals surface area contributed by atoms with Crippen molar-refractivity contribution in [3.05, 3.63) is 71.8 Å². The number of oxime groups is 1. The van der Waals surface area contributed by atoms with Crippen LogP contribution in [0.4, 0.5) is 0 Å². The van der Waals surface area contributed by atoms with E-state index in [2.05, 4.69) is 19.6 Å². The fourth-order valence-corrected chi connectivity index (χ4v) is 9.08. The molecule has 11 nitrogen and oxygen atoms in total. The summed E-state index contributed by atoms with van der Waals surface area (Å²) < 4.78 is 26.1. The van der Waals surface area contributed by atoms with Crippen molar-refractivity contribution in [2.24, 2.45) is 28.8 Å². The number of benzene rings is 2. The maximum Gasteiger partial charge on any atom is 0.239 e. The van der Waals surface area contributed by atoms with Gasteiger partial charge in [-0.1, -0.05) is 37.1 Å². The molecule has 6 unspecified atom stereocenters. The van der Waals surface area contributed by atoms with Crippen molar-refractivity contribution in [1.82, 2.24) is 4.90 Å². The zero-order valence-corrected chi connectivity index (χ0v) is 32.6. The van der Waals surface area contributed by atoms with Gasteiger partial charge in [0.1, 0.15) is 35.6 Å². The first-order valence-electron chi connectivity index (χ1n) is 20.2. The lowest BCUT2D eigenvalue weighted by Crippen LogP contribution is -2.70. The molecular weight excluding hydrogens is 700 g/mol. The fourth-order valence-electron chi connectivity index (χ4n) is 9.08. The molecule has 3 aliphatic carbocycles. The number of aliphatic hydroxyl groups is 2. The van der Waals surface area contributed by atoms with E-state index in [0.29, 0.717) is 61.0 Å². The van der Waals surface area contributed by atoms with Crippen molar-refractivity contribution < 1.29 is 43.6 Å². The number of allylic oxidation sites excluding steroid dienone is 1. The molecule has 55 heavy (non-hydrogen) atoms. The van der Waals surface area contributed by atoms with Crippen molar-refractivity contribution in [3.63, 3.8) is 0 Å². The molecular formula is C44H58N2O9. The van der Waals surface area contributed by atoms with E-state index in [1.54, 1.807) is 24.3 Å². The van der Waals surface area contributed by atoms with Gasteiger partial charge in [0.25, 0.3) is 0 Å². The van der Waals surface area contributed by atoms with E-state index in [9.17, 15) is 19.8 Å². The summed E-state index contributed by atoms with van der Waals surface area (Å²) >= 11 is 0. The third kappa shape index (κ3) is 8.49. The lowest BCUT2D eigenvalue weighted by Gasteiger charge is -2.60. The molecule has 0 aromatic heterocycles. The number of aliphatic hydroxyl groups excluding tert-OH is 2. The third-order valence-electron chi connectivity index (χ3n) is 11.6. The minimum absolute atomic E-state index is 0.00946. The second-order valence-electron chi connectivity index (χ2n) is 15.1. The highest BCUT2D eigenvalue weighted by Crippen LogP contribution is 2.62. The Morgan fingerprint density at radius 2 is 1.80 bits per heavy atom. The van der Waals surface area contributed by atoms with Crippen LogP contribution in [0.3, 0.4) is 0 Å². The highest BCUT2D eigenvalue weighted by atomic mass is 16.7. The molecule has 2 fully saturated rings. The average Bonchev–Trinajstić information content (AvgIpc) is 4.06. The van der Waals surface area contributed by atoms with Gasteiger partial charge in [-0.15, -0.1) is 6.58 Å². The van der Waals surface area contributed by atoms with Gasteiger partial charge in [0.05, 0.1) is 30.9 Å². The van der Waals surface area contributed by atoms with Crippen LogP contribution in [0.5, 0.6) is 23.0 Å². The Morgan fingerprint density at radius 3 is 2.47 bits per heavy atom. The molecule has 11 heteroatoms. The Kier molecular flexibility index (Phi) is 13.7. The van der Waals surface area contributed by atoms with Gasteiger partial charge in [-0.2, -0.15) is 0 Å². The summed E-state index contributed by atoms with van der Waals surface area (Å²) in [5, 5.41) is 24.5. The molecule has 1 aliphatic heterocycles. The number of unbranched alkanes of at least 4 members (excludes halogenated alkanes) is 2. The van der Waals surface area contributed by atoms with Crippen molar-refractivity contribution in [1.29, 1.82) is 0 Å². The summed E-state index contributed by atoms with van der Waals surface area (Å²) in [6.45, 7) is 9.41. The molecule has 0 bridgehead atoms. The van der Waals surface area contributed by atoms with Crippen molar-refractivity contribution in [3.8, 4) is 23.0 Å². The van der Waals surface area contributed by atoms with E-state index in [4.69, 9.17) is 28.9 Å². The van der Waals surface area contributed by atoms with Crippen LogP contribution in [0.2, 0.25) is 0 Å². The first-order chi connectivity index (χ1) is 26.9. The number of hydrogen-bond donors (Lipinski definition) is 2. The number of rotatable bonds is 21. The van der Waals surface area contributed by atoms with Gasteiger partial charge in [-0.3, -0.25) is 9.59 Å². The number of fused-ring (bicyclic) bond motifs is 2. The number of aldehydes is 1. The van der Waals surface area contributed by atoms with E-state index >= 15 is 0 Å². The molecule has 4 aliphatic rings. The first-order valence-corrected chi connectivity index (χ1v) is 20.2. The van der Waals surface area contributed by atoms with Gasteiger partial charge in [0.15, 0.2) is 6.29 Å². The number of ether oxygens (including phenoxy) is 4.